The molecule has 0 saturated heterocycles. The van der Waals surface area contributed by atoms with Crippen molar-refractivity contribution in [3.8, 4) is 0 Å². The smallest absolute Gasteiger partial charge is 0.255 e. The highest BCUT2D eigenvalue weighted by atomic mass is 32.2. The fourth-order valence-corrected chi connectivity index (χ4v) is 4.08. The molecule has 0 aromatic carbocycles. The lowest BCUT2D eigenvalue weighted by Crippen LogP contribution is -2.45. The van der Waals surface area contributed by atoms with Crippen LogP contribution in [-0.4, -0.2) is 47.9 Å². The highest BCUT2D eigenvalue weighted by Gasteiger charge is 2.32. The van der Waals surface area contributed by atoms with Crippen molar-refractivity contribution in [3.63, 3.8) is 0 Å². The van der Waals surface area contributed by atoms with Gasteiger partial charge in [-0.1, -0.05) is 6.42 Å². The summed E-state index contributed by atoms with van der Waals surface area (Å²) in [6.45, 7) is 3.57. The van der Waals surface area contributed by atoms with E-state index in [9.17, 15) is 9.59 Å². The van der Waals surface area contributed by atoms with Gasteiger partial charge in [0.15, 0.2) is 0 Å². The molecule has 1 saturated carbocycles. The summed E-state index contributed by atoms with van der Waals surface area (Å²) in [6, 6.07) is 1.97. The number of hydrogen-bond donors (Lipinski definition) is 1. The molecule has 1 aliphatic rings. The zero-order valence-electron chi connectivity index (χ0n) is 13.6. The Morgan fingerprint density at radius 2 is 2.14 bits per heavy atom. The van der Waals surface area contributed by atoms with E-state index in [1.54, 1.807) is 24.8 Å². The molecule has 1 fully saturated rings. The average molecular weight is 324 g/mol. The fourth-order valence-electron chi connectivity index (χ4n) is 3.04. The minimum Gasteiger partial charge on any atom is -0.466 e. The van der Waals surface area contributed by atoms with Gasteiger partial charge in [-0.3, -0.25) is 9.59 Å². The van der Waals surface area contributed by atoms with Crippen molar-refractivity contribution < 1.29 is 14.0 Å². The summed E-state index contributed by atoms with van der Waals surface area (Å²) in [5.74, 6) is 0.968. The van der Waals surface area contributed by atoms with Gasteiger partial charge in [-0.05, 0) is 39.0 Å². The number of carbonyl (C=O) groups excluding carboxylic acids is 2. The minimum atomic E-state index is -0.260. The zero-order valence-corrected chi connectivity index (χ0v) is 14.5. The molecule has 2 rings (SSSR count). The van der Waals surface area contributed by atoms with Gasteiger partial charge in [-0.15, -0.1) is 0 Å². The maximum Gasteiger partial charge on any atom is 0.255 e. The van der Waals surface area contributed by atoms with Gasteiger partial charge in [-0.25, -0.2) is 0 Å². The average Bonchev–Trinajstić information content (AvgIpc) is 3.09. The first-order chi connectivity index (χ1) is 10.4. The molecule has 0 radical (unpaired) electrons. The molecule has 0 bridgehead atoms. The summed E-state index contributed by atoms with van der Waals surface area (Å²) in [5.41, 5.74) is 0.496. The van der Waals surface area contributed by atoms with Gasteiger partial charge in [0.2, 0.25) is 5.91 Å². The normalized spacial score (nSPS) is 20.9. The first-order valence-corrected chi connectivity index (χ1v) is 8.86. The van der Waals surface area contributed by atoms with Gasteiger partial charge < -0.3 is 14.6 Å². The molecular weight excluding hydrogens is 300 g/mol. The van der Waals surface area contributed by atoms with E-state index in [-0.39, 0.29) is 24.4 Å². The molecular formula is C16H24N2O3S. The van der Waals surface area contributed by atoms with E-state index in [0.29, 0.717) is 22.3 Å². The lowest BCUT2D eigenvalue weighted by Gasteiger charge is -2.29. The van der Waals surface area contributed by atoms with E-state index < -0.39 is 0 Å². The van der Waals surface area contributed by atoms with Crippen LogP contribution in [0.2, 0.25) is 0 Å². The molecule has 1 aromatic heterocycles. The molecule has 1 N–H and O–H groups in total. The molecule has 22 heavy (non-hydrogen) atoms. The second-order valence-corrected chi connectivity index (χ2v) is 6.86. The van der Waals surface area contributed by atoms with E-state index in [2.05, 4.69) is 11.6 Å². The van der Waals surface area contributed by atoms with E-state index in [1.807, 2.05) is 18.8 Å². The molecule has 1 aliphatic carbocycles. The van der Waals surface area contributed by atoms with Crippen molar-refractivity contribution in [2.24, 2.45) is 0 Å². The SMILES string of the molecule is CS[C@@H]1CCC[C@@H]1N(C)C(=O)CNC(=O)c1cc(C)oc1C. The first kappa shape index (κ1) is 16.9. The van der Waals surface area contributed by atoms with Crippen LogP contribution in [0.3, 0.4) is 0 Å². The number of likely N-dealkylation sites (N-methyl/N-ethyl adjacent to an activating group) is 1. The first-order valence-electron chi connectivity index (χ1n) is 7.57. The van der Waals surface area contributed by atoms with Crippen molar-refractivity contribution in [2.75, 3.05) is 19.8 Å². The fraction of sp³-hybridized carbons (Fsp3) is 0.625. The standard InChI is InChI=1S/C16H24N2O3S/c1-10-8-12(11(2)21-10)16(20)17-9-15(19)18(3)13-6-5-7-14(13)22-4/h8,13-14H,5-7,9H2,1-4H3,(H,17,20)/t13-,14+/m0/s1. The summed E-state index contributed by atoms with van der Waals surface area (Å²) in [6.07, 6.45) is 5.45. The highest BCUT2D eigenvalue weighted by molar-refractivity contribution is 7.99. The number of thioether (sulfide) groups is 1. The largest absolute Gasteiger partial charge is 0.466 e. The van der Waals surface area contributed by atoms with Gasteiger partial charge in [0, 0.05) is 18.3 Å². The van der Waals surface area contributed by atoms with Crippen LogP contribution in [0.15, 0.2) is 10.5 Å². The number of aryl methyl sites for hydroxylation is 2. The summed E-state index contributed by atoms with van der Waals surface area (Å²) in [4.78, 5) is 26.2. The highest BCUT2D eigenvalue weighted by Crippen LogP contribution is 2.31. The summed E-state index contributed by atoms with van der Waals surface area (Å²) in [5, 5.41) is 3.20. The molecule has 5 nitrogen and oxygen atoms in total. The number of nitrogens with zero attached hydrogens (tertiary/aromatic N) is 1. The number of nitrogens with one attached hydrogen (secondary N) is 1. The van der Waals surface area contributed by atoms with Crippen LogP contribution < -0.4 is 5.32 Å². The number of furan rings is 1. The van der Waals surface area contributed by atoms with Gasteiger partial charge in [0.05, 0.1) is 12.1 Å². The van der Waals surface area contributed by atoms with Gasteiger partial charge in [0.1, 0.15) is 11.5 Å². The molecule has 1 aromatic rings. The lowest BCUT2D eigenvalue weighted by atomic mass is 10.2. The molecule has 122 valence electrons. The third kappa shape index (κ3) is 3.66. The molecule has 2 atom stereocenters. The van der Waals surface area contributed by atoms with Gasteiger partial charge in [-0.2, -0.15) is 11.8 Å². The van der Waals surface area contributed by atoms with Gasteiger partial charge in [0.25, 0.3) is 5.91 Å². The Morgan fingerprint density at radius 3 is 2.73 bits per heavy atom. The van der Waals surface area contributed by atoms with Crippen LogP contribution in [0.25, 0.3) is 0 Å². The Balaban J connectivity index is 1.89. The van der Waals surface area contributed by atoms with Crippen molar-refractivity contribution in [1.29, 1.82) is 0 Å². The Bertz CT molecular complexity index is 556. The van der Waals surface area contributed by atoms with Crippen LogP contribution in [0.4, 0.5) is 0 Å². The number of hydrogen-bond acceptors (Lipinski definition) is 4. The van der Waals surface area contributed by atoms with Crippen LogP contribution in [-0.2, 0) is 4.79 Å². The van der Waals surface area contributed by atoms with E-state index >= 15 is 0 Å². The van der Waals surface area contributed by atoms with Crippen LogP contribution in [0, 0.1) is 13.8 Å². The quantitative estimate of drug-likeness (QED) is 0.903. The van der Waals surface area contributed by atoms with Gasteiger partial charge >= 0.3 is 0 Å². The monoisotopic (exact) mass is 324 g/mol. The Labute approximate surface area is 135 Å². The molecule has 1 heterocycles. The third-order valence-corrected chi connectivity index (χ3v) is 5.45. The van der Waals surface area contributed by atoms with Crippen LogP contribution in [0.5, 0.6) is 0 Å². The summed E-state index contributed by atoms with van der Waals surface area (Å²) in [7, 11) is 1.83. The molecule has 0 unspecified atom stereocenters. The van der Waals surface area contributed by atoms with Crippen LogP contribution in [0.1, 0.15) is 41.1 Å². The van der Waals surface area contributed by atoms with Crippen LogP contribution >= 0.6 is 11.8 Å². The second-order valence-electron chi connectivity index (χ2n) is 5.79. The molecule has 0 spiro atoms. The Hall–Kier alpha value is -1.43. The van der Waals surface area contributed by atoms with E-state index in [0.717, 1.165) is 19.3 Å². The predicted octanol–water partition coefficient (Wildman–Crippen LogP) is 2.37. The van der Waals surface area contributed by atoms with E-state index in [4.69, 9.17) is 4.42 Å². The third-order valence-electron chi connectivity index (χ3n) is 4.30. The van der Waals surface area contributed by atoms with Crippen molar-refractivity contribution in [2.45, 2.75) is 44.4 Å². The lowest BCUT2D eigenvalue weighted by molar-refractivity contribution is -0.130. The Kier molecular flexibility index (Phi) is 5.56. The Morgan fingerprint density at radius 1 is 1.41 bits per heavy atom. The van der Waals surface area contributed by atoms with Crippen molar-refractivity contribution in [3.05, 3.63) is 23.2 Å². The minimum absolute atomic E-state index is 0.0244. The number of carbonyl (C=O) groups is 2. The molecule has 0 aliphatic heterocycles. The molecule has 2 amide bonds. The number of rotatable bonds is 5. The second kappa shape index (κ2) is 7.22. The molecule has 6 heteroatoms. The topological polar surface area (TPSA) is 62.6 Å². The number of amides is 2. The summed E-state index contributed by atoms with van der Waals surface area (Å²) < 4.78 is 5.34. The maximum atomic E-state index is 12.3. The summed E-state index contributed by atoms with van der Waals surface area (Å²) >= 11 is 1.82. The maximum absolute atomic E-state index is 12.3. The van der Waals surface area contributed by atoms with Crippen molar-refractivity contribution >= 4 is 23.6 Å². The zero-order chi connectivity index (χ0) is 16.3. The van der Waals surface area contributed by atoms with E-state index in [1.165, 1.54) is 0 Å². The predicted molar refractivity (Wildman–Crippen MR) is 88.2 cm³/mol. The van der Waals surface area contributed by atoms with Crippen molar-refractivity contribution in [1.82, 2.24) is 10.2 Å².